The largest absolute Gasteiger partial charge is 0.483 e. The second-order valence-electron chi connectivity index (χ2n) is 3.84. The Bertz CT molecular complexity index is 502. The minimum Gasteiger partial charge on any atom is -0.483 e. The van der Waals surface area contributed by atoms with Gasteiger partial charge >= 0.3 is 0 Å². The zero-order valence-corrected chi connectivity index (χ0v) is 9.83. The second kappa shape index (κ2) is 4.82. The van der Waals surface area contributed by atoms with E-state index in [4.69, 9.17) is 4.74 Å². The Kier molecular flexibility index (Phi) is 3.23. The van der Waals surface area contributed by atoms with Crippen molar-refractivity contribution in [1.29, 1.82) is 0 Å². The zero-order chi connectivity index (χ0) is 12.3. The van der Waals surface area contributed by atoms with Crippen LogP contribution < -0.4 is 4.74 Å². The summed E-state index contributed by atoms with van der Waals surface area (Å²) in [6.07, 6.45) is 4.30. The molecule has 0 radical (unpaired) electrons. The maximum atomic E-state index is 10.5. The molecule has 4 nitrogen and oxygen atoms in total. The highest BCUT2D eigenvalue weighted by Gasteiger charge is 2.11. The van der Waals surface area contributed by atoms with E-state index in [1.807, 2.05) is 24.7 Å². The number of hydrogen-bond acceptors (Lipinski definition) is 3. The predicted molar refractivity (Wildman–Crippen MR) is 64.1 cm³/mol. The lowest BCUT2D eigenvalue weighted by molar-refractivity contribution is 0.112. The van der Waals surface area contributed by atoms with Crippen LogP contribution >= 0.6 is 0 Å². The third kappa shape index (κ3) is 2.53. The summed E-state index contributed by atoms with van der Waals surface area (Å²) < 4.78 is 7.66. The number of aromatic nitrogens is 2. The first-order valence-electron chi connectivity index (χ1n) is 5.40. The highest BCUT2D eigenvalue weighted by molar-refractivity contribution is 5.74. The highest BCUT2D eigenvalue weighted by Crippen LogP contribution is 2.20. The molecule has 0 bridgehead atoms. The summed E-state index contributed by atoms with van der Waals surface area (Å²) in [7, 11) is 1.93. The van der Waals surface area contributed by atoms with E-state index in [-0.39, 0.29) is 6.10 Å². The molecule has 1 heterocycles. The van der Waals surface area contributed by atoms with Gasteiger partial charge < -0.3 is 9.30 Å². The summed E-state index contributed by atoms with van der Waals surface area (Å²) in [5.74, 6) is 1.59. The fourth-order valence-corrected chi connectivity index (χ4v) is 1.65. The molecule has 2 rings (SSSR count). The molecule has 0 saturated carbocycles. The first-order valence-corrected chi connectivity index (χ1v) is 5.40. The van der Waals surface area contributed by atoms with E-state index < -0.39 is 0 Å². The maximum absolute atomic E-state index is 10.5. The molecule has 0 aliphatic carbocycles. The average Bonchev–Trinajstić information content (AvgIpc) is 2.76. The van der Waals surface area contributed by atoms with Crippen molar-refractivity contribution in [2.45, 2.75) is 13.0 Å². The summed E-state index contributed by atoms with van der Waals surface area (Å²) in [6, 6.07) is 7.02. The van der Waals surface area contributed by atoms with Gasteiger partial charge in [0.1, 0.15) is 17.9 Å². The Balaban J connectivity index is 2.10. The van der Waals surface area contributed by atoms with Crippen LogP contribution in [0, 0.1) is 0 Å². The van der Waals surface area contributed by atoms with Crippen molar-refractivity contribution in [3.63, 3.8) is 0 Å². The van der Waals surface area contributed by atoms with E-state index in [0.717, 1.165) is 17.9 Å². The minimum absolute atomic E-state index is 0.128. The summed E-state index contributed by atoms with van der Waals surface area (Å²) >= 11 is 0. The van der Waals surface area contributed by atoms with E-state index in [9.17, 15) is 4.79 Å². The fourth-order valence-electron chi connectivity index (χ4n) is 1.65. The van der Waals surface area contributed by atoms with Crippen LogP contribution in [0.4, 0.5) is 0 Å². The van der Waals surface area contributed by atoms with E-state index in [1.54, 1.807) is 30.5 Å². The number of nitrogens with zero attached hydrogens (tertiary/aromatic N) is 2. The van der Waals surface area contributed by atoms with Crippen LogP contribution in [0.3, 0.4) is 0 Å². The van der Waals surface area contributed by atoms with E-state index >= 15 is 0 Å². The number of benzene rings is 1. The number of aryl methyl sites for hydroxylation is 1. The van der Waals surface area contributed by atoms with Crippen molar-refractivity contribution in [2.75, 3.05) is 0 Å². The number of ether oxygens (including phenoxy) is 1. The first kappa shape index (κ1) is 11.4. The third-order valence-electron chi connectivity index (χ3n) is 2.55. The Morgan fingerprint density at radius 3 is 2.59 bits per heavy atom. The van der Waals surface area contributed by atoms with Gasteiger partial charge in [-0.05, 0) is 31.2 Å². The van der Waals surface area contributed by atoms with Crippen molar-refractivity contribution >= 4 is 6.29 Å². The Morgan fingerprint density at radius 1 is 1.35 bits per heavy atom. The van der Waals surface area contributed by atoms with Crippen LogP contribution in [0.25, 0.3) is 0 Å². The van der Waals surface area contributed by atoms with Crippen LogP contribution in [0.5, 0.6) is 5.75 Å². The number of hydrogen-bond donors (Lipinski definition) is 0. The van der Waals surface area contributed by atoms with E-state index in [2.05, 4.69) is 4.98 Å². The molecular formula is C13H14N2O2. The molecule has 88 valence electrons. The zero-order valence-electron chi connectivity index (χ0n) is 9.83. The van der Waals surface area contributed by atoms with Gasteiger partial charge in [-0.25, -0.2) is 4.98 Å². The van der Waals surface area contributed by atoms with Crippen LogP contribution in [-0.2, 0) is 7.05 Å². The number of aldehydes is 1. The lowest BCUT2D eigenvalue weighted by atomic mass is 10.2. The number of carbonyl (C=O) groups excluding carboxylic acids is 1. The standard InChI is InChI=1S/C13H14N2O2/c1-10(13-14-7-8-15(13)2)17-12-5-3-11(9-16)4-6-12/h3-10H,1-2H3. The van der Waals surface area contributed by atoms with Crippen LogP contribution in [0.15, 0.2) is 36.7 Å². The van der Waals surface area contributed by atoms with E-state index in [1.165, 1.54) is 0 Å². The molecule has 1 aromatic carbocycles. The SMILES string of the molecule is CC(Oc1ccc(C=O)cc1)c1nccn1C. The Morgan fingerprint density at radius 2 is 2.06 bits per heavy atom. The van der Waals surface area contributed by atoms with Gasteiger partial charge in [0.2, 0.25) is 0 Å². The molecule has 2 aromatic rings. The molecule has 1 aromatic heterocycles. The molecule has 1 unspecified atom stereocenters. The molecule has 17 heavy (non-hydrogen) atoms. The van der Waals surface area contributed by atoms with Gasteiger partial charge in [-0.1, -0.05) is 0 Å². The molecule has 0 spiro atoms. The van der Waals surface area contributed by atoms with Gasteiger partial charge in [-0.3, -0.25) is 4.79 Å². The first-order chi connectivity index (χ1) is 8.20. The third-order valence-corrected chi connectivity index (χ3v) is 2.55. The second-order valence-corrected chi connectivity index (χ2v) is 3.84. The van der Waals surface area contributed by atoms with Gasteiger partial charge in [0.05, 0.1) is 0 Å². The van der Waals surface area contributed by atoms with Crippen molar-refractivity contribution < 1.29 is 9.53 Å². The van der Waals surface area contributed by atoms with Gasteiger partial charge in [0, 0.05) is 25.0 Å². The number of carbonyl (C=O) groups is 1. The van der Waals surface area contributed by atoms with Crippen molar-refractivity contribution in [1.82, 2.24) is 9.55 Å². The molecule has 4 heteroatoms. The number of imidazole rings is 1. The van der Waals surface area contributed by atoms with Crippen molar-refractivity contribution in [3.8, 4) is 5.75 Å². The fraction of sp³-hybridized carbons (Fsp3) is 0.231. The predicted octanol–water partition coefficient (Wildman–Crippen LogP) is 2.37. The average molecular weight is 230 g/mol. The van der Waals surface area contributed by atoms with E-state index in [0.29, 0.717) is 5.56 Å². The molecule has 1 atom stereocenters. The molecular weight excluding hydrogens is 216 g/mol. The quantitative estimate of drug-likeness (QED) is 0.757. The lowest BCUT2D eigenvalue weighted by Crippen LogP contribution is -2.09. The molecule has 0 saturated heterocycles. The molecule has 0 N–H and O–H groups in total. The van der Waals surface area contributed by atoms with Gasteiger partial charge in [-0.15, -0.1) is 0 Å². The minimum atomic E-state index is -0.128. The van der Waals surface area contributed by atoms with Gasteiger partial charge in [-0.2, -0.15) is 0 Å². The van der Waals surface area contributed by atoms with Crippen LogP contribution in [0.2, 0.25) is 0 Å². The summed E-state index contributed by atoms with van der Waals surface area (Å²) in [5.41, 5.74) is 0.641. The van der Waals surface area contributed by atoms with Gasteiger partial charge in [0.15, 0.2) is 6.10 Å². The highest BCUT2D eigenvalue weighted by atomic mass is 16.5. The Hall–Kier alpha value is -2.10. The van der Waals surface area contributed by atoms with Crippen LogP contribution in [-0.4, -0.2) is 15.8 Å². The maximum Gasteiger partial charge on any atom is 0.153 e. The molecule has 0 aliphatic heterocycles. The smallest absolute Gasteiger partial charge is 0.153 e. The topological polar surface area (TPSA) is 44.1 Å². The summed E-state index contributed by atoms with van der Waals surface area (Å²) in [5, 5.41) is 0. The lowest BCUT2D eigenvalue weighted by Gasteiger charge is -2.14. The molecule has 0 amide bonds. The normalized spacial score (nSPS) is 12.1. The molecule has 0 aliphatic rings. The summed E-state index contributed by atoms with van der Waals surface area (Å²) in [6.45, 7) is 1.94. The Labute approximate surface area is 99.9 Å². The van der Waals surface area contributed by atoms with Crippen molar-refractivity contribution in [3.05, 3.63) is 48.0 Å². The van der Waals surface area contributed by atoms with Gasteiger partial charge in [0.25, 0.3) is 0 Å². The van der Waals surface area contributed by atoms with Crippen molar-refractivity contribution in [2.24, 2.45) is 7.05 Å². The monoisotopic (exact) mass is 230 g/mol. The molecule has 0 fully saturated rings. The number of rotatable bonds is 4. The summed E-state index contributed by atoms with van der Waals surface area (Å²) in [4.78, 5) is 14.7. The van der Waals surface area contributed by atoms with Crippen LogP contribution in [0.1, 0.15) is 29.2 Å².